The Bertz CT molecular complexity index is 787. The van der Waals surface area contributed by atoms with Crippen LogP contribution in [-0.4, -0.2) is 28.8 Å². The Morgan fingerprint density at radius 3 is 2.14 bits per heavy atom. The molecule has 0 spiro atoms. The van der Waals surface area contributed by atoms with Crippen molar-refractivity contribution in [3.63, 3.8) is 0 Å². The van der Waals surface area contributed by atoms with E-state index in [0.717, 1.165) is 23.1 Å². The average molecular weight is 384 g/mol. The molecule has 0 bridgehead atoms. The lowest BCUT2D eigenvalue weighted by molar-refractivity contribution is -0.140. The summed E-state index contributed by atoms with van der Waals surface area (Å²) in [6, 6.07) is 13.2. The van der Waals surface area contributed by atoms with Gasteiger partial charge in [-0.25, -0.2) is 4.39 Å². The zero-order chi connectivity index (χ0) is 20.7. The zero-order valence-corrected chi connectivity index (χ0v) is 17.0. The van der Waals surface area contributed by atoms with Crippen molar-refractivity contribution in [3.05, 3.63) is 71.0 Å². The molecule has 0 aliphatic carbocycles. The number of hydrogen-bond donors (Lipinski definition) is 1. The molecule has 0 radical (unpaired) electrons. The average Bonchev–Trinajstić information content (AvgIpc) is 2.68. The maximum absolute atomic E-state index is 13.2. The van der Waals surface area contributed by atoms with Crippen LogP contribution in [0.5, 0.6) is 0 Å². The van der Waals surface area contributed by atoms with Gasteiger partial charge in [0.05, 0.1) is 6.42 Å². The van der Waals surface area contributed by atoms with Gasteiger partial charge in [-0.1, -0.05) is 48.9 Å². The summed E-state index contributed by atoms with van der Waals surface area (Å²) < 4.78 is 13.2. The quantitative estimate of drug-likeness (QED) is 0.748. The molecule has 0 unspecified atom stereocenters. The number of carbonyl (C=O) groups is 2. The third-order valence-corrected chi connectivity index (χ3v) is 4.91. The van der Waals surface area contributed by atoms with E-state index < -0.39 is 6.04 Å². The highest BCUT2D eigenvalue weighted by molar-refractivity contribution is 5.88. The first kappa shape index (κ1) is 21.6. The van der Waals surface area contributed by atoms with Crippen LogP contribution in [-0.2, 0) is 22.6 Å². The lowest BCUT2D eigenvalue weighted by Crippen LogP contribution is -2.49. The molecule has 0 saturated heterocycles. The third kappa shape index (κ3) is 6.19. The van der Waals surface area contributed by atoms with Crippen molar-refractivity contribution >= 4 is 11.8 Å². The Kier molecular flexibility index (Phi) is 7.73. The van der Waals surface area contributed by atoms with E-state index in [4.69, 9.17) is 0 Å². The summed E-state index contributed by atoms with van der Waals surface area (Å²) in [5.74, 6) is -0.655. The molecule has 0 aromatic heterocycles. The highest BCUT2D eigenvalue weighted by Gasteiger charge is 2.26. The molecule has 1 N–H and O–H groups in total. The maximum Gasteiger partial charge on any atom is 0.242 e. The molecule has 0 heterocycles. The second-order valence-electron chi connectivity index (χ2n) is 7.30. The smallest absolute Gasteiger partial charge is 0.242 e. The van der Waals surface area contributed by atoms with Crippen molar-refractivity contribution in [2.75, 3.05) is 0 Å². The van der Waals surface area contributed by atoms with E-state index in [2.05, 4.69) is 5.32 Å². The molecule has 2 aromatic carbocycles. The highest BCUT2D eigenvalue weighted by atomic mass is 19.1. The molecule has 2 rings (SSSR count). The molecular weight excluding hydrogens is 355 g/mol. The first-order valence-corrected chi connectivity index (χ1v) is 9.70. The Labute approximate surface area is 166 Å². The lowest BCUT2D eigenvalue weighted by atomic mass is 10.1. The fourth-order valence-electron chi connectivity index (χ4n) is 2.82. The molecule has 0 aliphatic rings. The van der Waals surface area contributed by atoms with Crippen LogP contribution in [0.4, 0.5) is 4.39 Å². The predicted molar refractivity (Wildman–Crippen MR) is 109 cm³/mol. The van der Waals surface area contributed by atoms with Crippen molar-refractivity contribution in [1.82, 2.24) is 10.2 Å². The van der Waals surface area contributed by atoms with Crippen LogP contribution in [0.2, 0.25) is 0 Å². The van der Waals surface area contributed by atoms with Crippen LogP contribution < -0.4 is 5.32 Å². The zero-order valence-electron chi connectivity index (χ0n) is 17.0. The molecule has 0 saturated carbocycles. The highest BCUT2D eigenvalue weighted by Crippen LogP contribution is 2.14. The molecule has 0 fully saturated rings. The van der Waals surface area contributed by atoms with Crippen molar-refractivity contribution in [1.29, 1.82) is 0 Å². The van der Waals surface area contributed by atoms with E-state index in [0.29, 0.717) is 0 Å². The SMILES string of the molecule is CC[C@H](C)NC(=O)[C@@H](C)N(Cc1ccc(F)cc1)C(=O)Cc1ccc(C)cc1. The normalized spacial score (nSPS) is 12.9. The molecule has 0 aliphatic heterocycles. The Morgan fingerprint density at radius 2 is 1.57 bits per heavy atom. The Balaban J connectivity index is 2.20. The molecule has 5 heteroatoms. The monoisotopic (exact) mass is 384 g/mol. The number of hydrogen-bond acceptors (Lipinski definition) is 2. The van der Waals surface area contributed by atoms with Gasteiger partial charge >= 0.3 is 0 Å². The number of amides is 2. The largest absolute Gasteiger partial charge is 0.352 e. The minimum absolute atomic E-state index is 0.0369. The summed E-state index contributed by atoms with van der Waals surface area (Å²) >= 11 is 0. The van der Waals surface area contributed by atoms with Crippen LogP contribution in [0, 0.1) is 12.7 Å². The molecule has 4 nitrogen and oxygen atoms in total. The Morgan fingerprint density at radius 1 is 1.00 bits per heavy atom. The topological polar surface area (TPSA) is 49.4 Å². The van der Waals surface area contributed by atoms with Crippen LogP contribution in [0.3, 0.4) is 0 Å². The van der Waals surface area contributed by atoms with Crippen LogP contribution in [0.15, 0.2) is 48.5 Å². The lowest BCUT2D eigenvalue weighted by Gasteiger charge is -2.30. The van der Waals surface area contributed by atoms with E-state index in [1.54, 1.807) is 24.0 Å². The Hall–Kier alpha value is -2.69. The molecule has 28 heavy (non-hydrogen) atoms. The molecule has 2 atom stereocenters. The number of nitrogens with zero attached hydrogens (tertiary/aromatic N) is 1. The molecule has 150 valence electrons. The molecule has 2 amide bonds. The minimum atomic E-state index is -0.628. The fourth-order valence-corrected chi connectivity index (χ4v) is 2.82. The first-order valence-electron chi connectivity index (χ1n) is 9.70. The van der Waals surface area contributed by atoms with Gasteiger partial charge in [0.1, 0.15) is 11.9 Å². The molecule has 2 aromatic rings. The van der Waals surface area contributed by atoms with E-state index >= 15 is 0 Å². The standard InChI is InChI=1S/C23H29FN2O2/c1-5-17(3)25-23(28)18(4)26(15-20-10-12-21(24)13-11-20)22(27)14-19-8-6-16(2)7-9-19/h6-13,17-18H,5,14-15H2,1-4H3,(H,25,28)/t17-,18+/m0/s1. The van der Waals surface area contributed by atoms with Crippen molar-refractivity contribution in [3.8, 4) is 0 Å². The van der Waals surface area contributed by atoms with Gasteiger partial charge in [0.25, 0.3) is 0 Å². The summed E-state index contributed by atoms with van der Waals surface area (Å²) in [5, 5.41) is 2.94. The van der Waals surface area contributed by atoms with Crippen molar-refractivity contribution in [2.45, 2.75) is 59.2 Å². The predicted octanol–water partition coefficient (Wildman–Crippen LogP) is 4.01. The second-order valence-corrected chi connectivity index (χ2v) is 7.30. The van der Waals surface area contributed by atoms with Crippen LogP contribution >= 0.6 is 0 Å². The number of rotatable bonds is 8. The van der Waals surface area contributed by atoms with Crippen molar-refractivity contribution in [2.24, 2.45) is 0 Å². The van der Waals surface area contributed by atoms with Gasteiger partial charge in [-0.3, -0.25) is 9.59 Å². The summed E-state index contributed by atoms with van der Waals surface area (Å²) in [6.07, 6.45) is 1.02. The first-order chi connectivity index (χ1) is 13.3. The second kappa shape index (κ2) is 10.0. The van der Waals surface area contributed by atoms with Gasteiger partial charge in [-0.05, 0) is 50.5 Å². The van der Waals surface area contributed by atoms with Crippen LogP contribution in [0.1, 0.15) is 43.9 Å². The van der Waals surface area contributed by atoms with E-state index in [1.807, 2.05) is 45.0 Å². The van der Waals surface area contributed by atoms with Gasteiger partial charge in [0.2, 0.25) is 11.8 Å². The minimum Gasteiger partial charge on any atom is -0.352 e. The van der Waals surface area contributed by atoms with Gasteiger partial charge in [0, 0.05) is 12.6 Å². The summed E-state index contributed by atoms with van der Waals surface area (Å²) in [4.78, 5) is 27.2. The van der Waals surface area contributed by atoms with E-state index in [1.165, 1.54) is 12.1 Å². The fraction of sp³-hybridized carbons (Fsp3) is 0.391. The number of benzene rings is 2. The summed E-state index contributed by atoms with van der Waals surface area (Å²) in [6.45, 7) is 7.90. The number of nitrogens with one attached hydrogen (secondary N) is 1. The van der Waals surface area contributed by atoms with Gasteiger partial charge < -0.3 is 10.2 Å². The number of aryl methyl sites for hydroxylation is 1. The maximum atomic E-state index is 13.2. The van der Waals surface area contributed by atoms with E-state index in [-0.39, 0.29) is 36.6 Å². The molecular formula is C23H29FN2O2. The number of carbonyl (C=O) groups excluding carboxylic acids is 2. The van der Waals surface area contributed by atoms with E-state index in [9.17, 15) is 14.0 Å². The van der Waals surface area contributed by atoms with Crippen molar-refractivity contribution < 1.29 is 14.0 Å². The third-order valence-electron chi connectivity index (χ3n) is 4.91. The van der Waals surface area contributed by atoms with Gasteiger partial charge in [-0.15, -0.1) is 0 Å². The number of halogens is 1. The van der Waals surface area contributed by atoms with Gasteiger partial charge in [0.15, 0.2) is 0 Å². The van der Waals surface area contributed by atoms with Crippen LogP contribution in [0.25, 0.3) is 0 Å². The summed E-state index contributed by atoms with van der Waals surface area (Å²) in [5.41, 5.74) is 2.80. The summed E-state index contributed by atoms with van der Waals surface area (Å²) in [7, 11) is 0. The van der Waals surface area contributed by atoms with Gasteiger partial charge in [-0.2, -0.15) is 0 Å².